The molecule has 1 aliphatic rings. The van der Waals surface area contributed by atoms with Crippen LogP contribution in [-0.2, 0) is 4.87 Å². The van der Waals surface area contributed by atoms with Crippen LogP contribution in [0.2, 0.25) is 0 Å². The van der Waals surface area contributed by atoms with E-state index in [1.165, 1.54) is 10.9 Å². The maximum atomic E-state index is 6.68. The fraction of sp³-hybridized carbons (Fsp3) is 0.143. The van der Waals surface area contributed by atoms with Crippen molar-refractivity contribution in [3.8, 4) is 0 Å². The summed E-state index contributed by atoms with van der Waals surface area (Å²) in [7, 11) is 0. The molecule has 1 N–H and O–H groups in total. The summed E-state index contributed by atoms with van der Waals surface area (Å²) in [4.78, 5) is 2.82. The maximum Gasteiger partial charge on any atom is 0.0919 e. The van der Waals surface area contributed by atoms with Gasteiger partial charge in [0.1, 0.15) is 0 Å². The number of benzene rings is 1. The maximum absolute atomic E-state index is 6.68. The Morgan fingerprint density at radius 2 is 2.12 bits per heavy atom. The van der Waals surface area contributed by atoms with Gasteiger partial charge in [-0.2, -0.15) is 0 Å². The topological polar surface area (TPSA) is 15.8 Å². The Kier molecular flexibility index (Phi) is 2.15. The van der Waals surface area contributed by atoms with E-state index in [1.54, 1.807) is 0 Å². The molecule has 1 aromatic carbocycles. The van der Waals surface area contributed by atoms with Gasteiger partial charge in [0.15, 0.2) is 0 Å². The molecule has 1 nitrogen and oxygen atoms in total. The quantitative estimate of drug-likeness (QED) is 0.708. The van der Waals surface area contributed by atoms with Gasteiger partial charge in [0.25, 0.3) is 0 Å². The average molecular weight is 230 g/mol. The lowest BCUT2D eigenvalue weighted by molar-refractivity contribution is 0.771. The lowest BCUT2D eigenvalue weighted by atomic mass is 9.89. The first kappa shape index (κ1) is 9.73. The molecule has 0 saturated heterocycles. The largest absolute Gasteiger partial charge is 0.361 e. The Morgan fingerprint density at radius 1 is 1.19 bits per heavy atom. The second kappa shape index (κ2) is 3.53. The first-order valence-corrected chi connectivity index (χ1v) is 5.77. The van der Waals surface area contributed by atoms with Crippen molar-refractivity contribution in [3.05, 3.63) is 60.3 Å². The Bertz CT molecular complexity index is 579. The standard InChI is InChI=1S/C14H12ClN/c15-14(8-2-1-3-9-14)12-5-4-6-13-11(12)7-10-16-13/h1-8,10,16H,9H2. The van der Waals surface area contributed by atoms with Crippen molar-refractivity contribution in [2.24, 2.45) is 0 Å². The summed E-state index contributed by atoms with van der Waals surface area (Å²) in [5.41, 5.74) is 2.31. The van der Waals surface area contributed by atoms with E-state index < -0.39 is 4.87 Å². The number of aromatic nitrogens is 1. The molecule has 80 valence electrons. The minimum atomic E-state index is -0.392. The summed E-state index contributed by atoms with van der Waals surface area (Å²) in [6.07, 6.45) is 11.0. The van der Waals surface area contributed by atoms with Crippen molar-refractivity contribution in [1.29, 1.82) is 0 Å². The highest BCUT2D eigenvalue weighted by molar-refractivity contribution is 6.26. The first-order chi connectivity index (χ1) is 7.80. The van der Waals surface area contributed by atoms with Crippen LogP contribution in [0, 0.1) is 0 Å². The average Bonchev–Trinajstić information content (AvgIpc) is 2.77. The number of nitrogens with one attached hydrogen (secondary N) is 1. The fourth-order valence-corrected chi connectivity index (χ4v) is 2.57. The highest BCUT2D eigenvalue weighted by Crippen LogP contribution is 2.40. The summed E-state index contributed by atoms with van der Waals surface area (Å²) in [5.74, 6) is 0. The van der Waals surface area contributed by atoms with Gasteiger partial charge in [-0.15, -0.1) is 11.6 Å². The van der Waals surface area contributed by atoms with E-state index in [0.29, 0.717) is 0 Å². The molecule has 0 bridgehead atoms. The molecule has 0 fully saturated rings. The van der Waals surface area contributed by atoms with Gasteiger partial charge in [-0.05, 0) is 24.1 Å². The molecule has 1 heterocycles. The molecule has 2 aromatic rings. The number of hydrogen-bond acceptors (Lipinski definition) is 0. The lowest BCUT2D eigenvalue weighted by Gasteiger charge is -2.25. The van der Waals surface area contributed by atoms with E-state index in [9.17, 15) is 0 Å². The zero-order chi connectivity index (χ0) is 11.0. The smallest absolute Gasteiger partial charge is 0.0919 e. The normalized spacial score (nSPS) is 24.1. The molecule has 1 atom stereocenters. The van der Waals surface area contributed by atoms with E-state index in [4.69, 9.17) is 11.6 Å². The molecular formula is C14H12ClN. The number of alkyl halides is 1. The van der Waals surface area contributed by atoms with Crippen LogP contribution in [0.4, 0.5) is 0 Å². The van der Waals surface area contributed by atoms with E-state index >= 15 is 0 Å². The van der Waals surface area contributed by atoms with Crippen molar-refractivity contribution in [3.63, 3.8) is 0 Å². The van der Waals surface area contributed by atoms with Crippen LogP contribution in [0.5, 0.6) is 0 Å². The Morgan fingerprint density at radius 3 is 2.94 bits per heavy atom. The summed E-state index contributed by atoms with van der Waals surface area (Å²) in [5, 5.41) is 1.21. The molecule has 0 saturated carbocycles. The second-order valence-electron chi connectivity index (χ2n) is 4.10. The Labute approximate surface area is 99.4 Å². The van der Waals surface area contributed by atoms with Crippen molar-refractivity contribution in [1.82, 2.24) is 4.98 Å². The van der Waals surface area contributed by atoms with Crippen molar-refractivity contribution < 1.29 is 0 Å². The highest BCUT2D eigenvalue weighted by atomic mass is 35.5. The molecule has 16 heavy (non-hydrogen) atoms. The molecule has 1 unspecified atom stereocenters. The van der Waals surface area contributed by atoms with E-state index in [1.807, 2.05) is 24.4 Å². The van der Waals surface area contributed by atoms with Crippen LogP contribution in [0.25, 0.3) is 10.9 Å². The van der Waals surface area contributed by atoms with Crippen LogP contribution in [0.3, 0.4) is 0 Å². The monoisotopic (exact) mass is 229 g/mol. The number of allylic oxidation sites excluding steroid dienone is 4. The Balaban J connectivity index is 2.22. The Hall–Kier alpha value is -1.47. The predicted octanol–water partition coefficient (Wildman–Crippen LogP) is 4.12. The number of fused-ring (bicyclic) bond motifs is 1. The van der Waals surface area contributed by atoms with Gasteiger partial charge in [0.2, 0.25) is 0 Å². The first-order valence-electron chi connectivity index (χ1n) is 5.39. The summed E-state index contributed by atoms with van der Waals surface area (Å²) < 4.78 is 0. The molecule has 0 radical (unpaired) electrons. The van der Waals surface area contributed by atoms with Crippen LogP contribution in [0.15, 0.2) is 54.8 Å². The van der Waals surface area contributed by atoms with Gasteiger partial charge in [0, 0.05) is 17.1 Å². The number of H-pyrrole nitrogens is 1. The summed E-state index contributed by atoms with van der Waals surface area (Å²) >= 11 is 6.68. The molecule has 1 aromatic heterocycles. The minimum Gasteiger partial charge on any atom is -0.361 e. The minimum absolute atomic E-state index is 0.392. The fourth-order valence-electron chi connectivity index (χ4n) is 2.24. The number of hydrogen-bond donors (Lipinski definition) is 1. The van der Waals surface area contributed by atoms with Crippen LogP contribution < -0.4 is 0 Å². The zero-order valence-corrected chi connectivity index (χ0v) is 9.54. The van der Waals surface area contributed by atoms with Gasteiger partial charge in [-0.25, -0.2) is 0 Å². The molecule has 3 rings (SSSR count). The molecular weight excluding hydrogens is 218 g/mol. The van der Waals surface area contributed by atoms with Gasteiger partial charge >= 0.3 is 0 Å². The third-order valence-corrected chi connectivity index (χ3v) is 3.55. The summed E-state index contributed by atoms with van der Waals surface area (Å²) in [6, 6.07) is 8.31. The SMILES string of the molecule is ClC1(c2cccc3[nH]ccc23)C=CC=CC1. The predicted molar refractivity (Wildman–Crippen MR) is 68.7 cm³/mol. The highest BCUT2D eigenvalue weighted by Gasteiger charge is 2.28. The van der Waals surface area contributed by atoms with Crippen LogP contribution in [-0.4, -0.2) is 4.98 Å². The molecule has 0 spiro atoms. The van der Waals surface area contributed by atoms with Gasteiger partial charge in [-0.1, -0.05) is 36.4 Å². The third-order valence-electron chi connectivity index (χ3n) is 3.07. The molecule has 0 amide bonds. The van der Waals surface area contributed by atoms with E-state index in [-0.39, 0.29) is 0 Å². The van der Waals surface area contributed by atoms with Crippen LogP contribution >= 0.6 is 11.6 Å². The number of halogens is 1. The summed E-state index contributed by atoms with van der Waals surface area (Å²) in [6.45, 7) is 0. The third kappa shape index (κ3) is 1.40. The second-order valence-corrected chi connectivity index (χ2v) is 4.77. The van der Waals surface area contributed by atoms with Crippen LogP contribution in [0.1, 0.15) is 12.0 Å². The molecule has 2 heteroatoms. The zero-order valence-electron chi connectivity index (χ0n) is 8.78. The van der Waals surface area contributed by atoms with Gasteiger partial charge in [0.05, 0.1) is 4.87 Å². The molecule has 1 aliphatic carbocycles. The lowest BCUT2D eigenvalue weighted by Crippen LogP contribution is -2.16. The van der Waals surface area contributed by atoms with Crippen molar-refractivity contribution in [2.75, 3.05) is 0 Å². The molecule has 0 aliphatic heterocycles. The number of rotatable bonds is 1. The van der Waals surface area contributed by atoms with E-state index in [2.05, 4.69) is 35.3 Å². The van der Waals surface area contributed by atoms with E-state index in [0.717, 1.165) is 11.9 Å². The van der Waals surface area contributed by atoms with Gasteiger partial charge in [-0.3, -0.25) is 0 Å². The van der Waals surface area contributed by atoms with Crippen molar-refractivity contribution >= 4 is 22.5 Å². The van der Waals surface area contributed by atoms with Crippen molar-refractivity contribution in [2.45, 2.75) is 11.3 Å². The number of aromatic amines is 1. The van der Waals surface area contributed by atoms with Gasteiger partial charge < -0.3 is 4.98 Å².